The summed E-state index contributed by atoms with van der Waals surface area (Å²) in [5.41, 5.74) is 2.00. The van der Waals surface area contributed by atoms with Gasteiger partial charge in [-0.3, -0.25) is 23.6 Å². The van der Waals surface area contributed by atoms with Crippen molar-refractivity contribution in [1.29, 1.82) is 0 Å². The molecule has 1 N–H and O–H groups in total. The van der Waals surface area contributed by atoms with Crippen LogP contribution in [0.2, 0.25) is 0 Å². The fourth-order valence-electron chi connectivity index (χ4n) is 5.23. The second-order valence-corrected chi connectivity index (χ2v) is 9.98. The van der Waals surface area contributed by atoms with Crippen LogP contribution in [0.1, 0.15) is 36.8 Å². The molecule has 184 valence electrons. The van der Waals surface area contributed by atoms with Crippen LogP contribution in [0.4, 0.5) is 5.82 Å². The van der Waals surface area contributed by atoms with E-state index in [1.54, 1.807) is 7.05 Å². The molecule has 2 aliphatic rings. The molecule has 0 radical (unpaired) electrons. The highest BCUT2D eigenvalue weighted by molar-refractivity contribution is 5.79. The Labute approximate surface area is 201 Å². The number of aryl methyl sites for hydroxylation is 1. The molecule has 2 saturated heterocycles. The Morgan fingerprint density at radius 1 is 1.03 bits per heavy atom. The Balaban J connectivity index is 1.26. The minimum absolute atomic E-state index is 0.0840. The van der Waals surface area contributed by atoms with Crippen molar-refractivity contribution in [3.63, 3.8) is 0 Å². The van der Waals surface area contributed by atoms with Crippen LogP contribution < -0.4 is 21.5 Å². The Morgan fingerprint density at radius 3 is 2.53 bits per heavy atom. The number of carbonyl (C=O) groups excluding carboxylic acids is 1. The molecular weight excluding hydrogens is 430 g/mol. The molecule has 4 rings (SSSR count). The van der Waals surface area contributed by atoms with Gasteiger partial charge in [-0.2, -0.15) is 0 Å². The van der Waals surface area contributed by atoms with Gasteiger partial charge in [-0.15, -0.1) is 0 Å². The quantitative estimate of drug-likeness (QED) is 0.699. The van der Waals surface area contributed by atoms with E-state index in [2.05, 4.69) is 41.4 Å². The molecule has 2 aromatic rings. The Hall–Kier alpha value is -2.87. The fourth-order valence-corrected chi connectivity index (χ4v) is 5.23. The SMILES string of the molecule is Cc1cccc(CN2CCC(CNC(=O)[C@@H]3CCCN(c4cc(=O)n(C)c(=O)n4C)C3)CC2)c1. The molecule has 1 atom stereocenters. The number of amides is 1. The number of carbonyl (C=O) groups is 1. The molecule has 2 fully saturated rings. The summed E-state index contributed by atoms with van der Waals surface area (Å²) in [6.07, 6.45) is 3.88. The van der Waals surface area contributed by atoms with Crippen molar-refractivity contribution < 1.29 is 4.79 Å². The van der Waals surface area contributed by atoms with E-state index in [-0.39, 0.29) is 23.1 Å². The molecule has 8 nitrogen and oxygen atoms in total. The molecule has 0 saturated carbocycles. The number of anilines is 1. The van der Waals surface area contributed by atoms with E-state index >= 15 is 0 Å². The first-order valence-electron chi connectivity index (χ1n) is 12.4. The number of hydrogen-bond donors (Lipinski definition) is 1. The third-order valence-corrected chi connectivity index (χ3v) is 7.38. The van der Waals surface area contributed by atoms with Crippen molar-refractivity contribution in [2.45, 2.75) is 39.2 Å². The molecule has 1 aromatic heterocycles. The molecule has 0 aliphatic carbocycles. The van der Waals surface area contributed by atoms with Gasteiger partial charge in [-0.1, -0.05) is 29.8 Å². The normalized spacial score (nSPS) is 19.9. The number of rotatable bonds is 6. The van der Waals surface area contributed by atoms with E-state index < -0.39 is 0 Å². The van der Waals surface area contributed by atoms with Gasteiger partial charge < -0.3 is 10.2 Å². The standard InChI is InChI=1S/C26H37N5O3/c1-19-6-4-7-21(14-19)17-30-12-9-20(10-13-30)16-27-25(33)22-8-5-11-31(18-22)23-15-24(32)29(3)26(34)28(23)2/h4,6-7,14-15,20,22H,5,8-13,16-18H2,1-3H3,(H,27,33)/t22-/m1/s1. The number of piperidine rings is 2. The molecule has 1 amide bonds. The highest BCUT2D eigenvalue weighted by Gasteiger charge is 2.28. The maximum atomic E-state index is 12.9. The van der Waals surface area contributed by atoms with Crippen molar-refractivity contribution >= 4 is 11.7 Å². The van der Waals surface area contributed by atoms with Crippen molar-refractivity contribution in [3.05, 3.63) is 62.3 Å². The zero-order chi connectivity index (χ0) is 24.2. The summed E-state index contributed by atoms with van der Waals surface area (Å²) in [5.74, 6) is 1.05. The van der Waals surface area contributed by atoms with Gasteiger partial charge in [-0.05, 0) is 57.2 Å². The molecule has 3 heterocycles. The molecule has 1 aromatic carbocycles. The first-order valence-corrected chi connectivity index (χ1v) is 12.4. The summed E-state index contributed by atoms with van der Waals surface area (Å²) >= 11 is 0. The average molecular weight is 468 g/mol. The summed E-state index contributed by atoms with van der Waals surface area (Å²) in [5, 5.41) is 3.19. The average Bonchev–Trinajstić information content (AvgIpc) is 2.84. The predicted octanol–water partition coefficient (Wildman–Crippen LogP) is 1.64. The maximum absolute atomic E-state index is 12.9. The third-order valence-electron chi connectivity index (χ3n) is 7.38. The van der Waals surface area contributed by atoms with E-state index in [9.17, 15) is 14.4 Å². The molecule has 2 aliphatic heterocycles. The number of likely N-dealkylation sites (tertiary alicyclic amines) is 1. The van der Waals surface area contributed by atoms with E-state index in [1.807, 2.05) is 4.90 Å². The van der Waals surface area contributed by atoms with Crippen LogP contribution in [0.25, 0.3) is 0 Å². The van der Waals surface area contributed by atoms with Gasteiger partial charge in [0.1, 0.15) is 5.82 Å². The first kappa shape index (κ1) is 24.3. The van der Waals surface area contributed by atoms with Crippen molar-refractivity contribution in [3.8, 4) is 0 Å². The molecule has 8 heteroatoms. The van der Waals surface area contributed by atoms with Crippen LogP contribution in [0.5, 0.6) is 0 Å². The number of aromatic nitrogens is 2. The molecule has 34 heavy (non-hydrogen) atoms. The predicted molar refractivity (Wildman–Crippen MR) is 134 cm³/mol. The van der Waals surface area contributed by atoms with Gasteiger partial charge in [0, 0.05) is 46.3 Å². The summed E-state index contributed by atoms with van der Waals surface area (Å²) in [6.45, 7) is 7.23. The van der Waals surface area contributed by atoms with E-state index in [0.29, 0.717) is 18.3 Å². The van der Waals surface area contributed by atoms with Crippen LogP contribution in [0.3, 0.4) is 0 Å². The van der Waals surface area contributed by atoms with E-state index in [1.165, 1.54) is 28.8 Å². The second kappa shape index (κ2) is 10.6. The highest BCUT2D eigenvalue weighted by Crippen LogP contribution is 2.23. The van der Waals surface area contributed by atoms with Gasteiger partial charge in [0.25, 0.3) is 5.56 Å². The highest BCUT2D eigenvalue weighted by atomic mass is 16.2. The topological polar surface area (TPSA) is 79.6 Å². The van der Waals surface area contributed by atoms with Crippen molar-refractivity contribution in [1.82, 2.24) is 19.4 Å². The van der Waals surface area contributed by atoms with Gasteiger partial charge in [0.05, 0.1) is 5.92 Å². The summed E-state index contributed by atoms with van der Waals surface area (Å²) < 4.78 is 2.59. The number of nitrogens with zero attached hydrogens (tertiary/aromatic N) is 4. The van der Waals surface area contributed by atoms with Gasteiger partial charge >= 0.3 is 5.69 Å². The van der Waals surface area contributed by atoms with Crippen LogP contribution >= 0.6 is 0 Å². The Morgan fingerprint density at radius 2 is 1.79 bits per heavy atom. The summed E-state index contributed by atoms with van der Waals surface area (Å²) in [6, 6.07) is 10.2. The minimum Gasteiger partial charge on any atom is -0.357 e. The molecular formula is C26H37N5O3. The lowest BCUT2D eigenvalue weighted by Gasteiger charge is -2.35. The monoisotopic (exact) mass is 467 g/mol. The first-order chi connectivity index (χ1) is 16.3. The summed E-state index contributed by atoms with van der Waals surface area (Å²) in [4.78, 5) is 41.9. The minimum atomic E-state index is -0.345. The lowest BCUT2D eigenvalue weighted by Crippen LogP contribution is -2.47. The number of nitrogens with one attached hydrogen (secondary N) is 1. The van der Waals surface area contributed by atoms with E-state index in [0.717, 1.165) is 63.0 Å². The molecule has 0 bridgehead atoms. The number of hydrogen-bond acceptors (Lipinski definition) is 5. The zero-order valence-electron chi connectivity index (χ0n) is 20.6. The molecule has 0 unspecified atom stereocenters. The largest absolute Gasteiger partial charge is 0.357 e. The van der Waals surface area contributed by atoms with Crippen molar-refractivity contribution in [2.75, 3.05) is 37.6 Å². The molecule has 0 spiro atoms. The van der Waals surface area contributed by atoms with Crippen LogP contribution in [-0.2, 0) is 25.4 Å². The van der Waals surface area contributed by atoms with E-state index in [4.69, 9.17) is 0 Å². The van der Waals surface area contributed by atoms with Crippen LogP contribution in [0.15, 0.2) is 39.9 Å². The number of benzene rings is 1. The lowest BCUT2D eigenvalue weighted by atomic mass is 9.94. The van der Waals surface area contributed by atoms with Crippen LogP contribution in [0, 0.1) is 18.8 Å². The van der Waals surface area contributed by atoms with Gasteiger partial charge in [0.15, 0.2) is 0 Å². The Kier molecular flexibility index (Phi) is 7.56. The van der Waals surface area contributed by atoms with Gasteiger partial charge in [0.2, 0.25) is 5.91 Å². The summed E-state index contributed by atoms with van der Waals surface area (Å²) in [7, 11) is 3.15. The third kappa shape index (κ3) is 5.60. The maximum Gasteiger partial charge on any atom is 0.332 e. The fraction of sp³-hybridized carbons (Fsp3) is 0.577. The Bertz CT molecular complexity index is 1130. The van der Waals surface area contributed by atoms with Gasteiger partial charge in [-0.25, -0.2) is 4.79 Å². The second-order valence-electron chi connectivity index (χ2n) is 9.98. The van der Waals surface area contributed by atoms with Crippen LogP contribution in [-0.4, -0.2) is 52.7 Å². The smallest absolute Gasteiger partial charge is 0.332 e. The zero-order valence-corrected chi connectivity index (χ0v) is 20.6. The van der Waals surface area contributed by atoms with Crippen molar-refractivity contribution in [2.24, 2.45) is 25.9 Å². The lowest BCUT2D eigenvalue weighted by molar-refractivity contribution is -0.125.